The number of nitrogens with zero attached hydrogens (tertiary/aromatic N) is 2. The molecule has 0 unspecified atom stereocenters. The summed E-state index contributed by atoms with van der Waals surface area (Å²) in [6, 6.07) is 14.9. The van der Waals surface area contributed by atoms with E-state index in [0.717, 1.165) is 10.1 Å². The average Bonchev–Trinajstić information content (AvgIpc) is 2.79. The average molecular weight is 452 g/mol. The van der Waals surface area contributed by atoms with Crippen LogP contribution in [0.2, 0.25) is 0 Å². The second kappa shape index (κ2) is 9.03. The number of pyridine rings is 1. The van der Waals surface area contributed by atoms with Crippen molar-refractivity contribution in [2.75, 3.05) is 5.32 Å². The minimum absolute atomic E-state index is 0.00618. The molecular weight excluding hydrogens is 434 g/mol. The van der Waals surface area contributed by atoms with E-state index in [0.29, 0.717) is 17.7 Å². The van der Waals surface area contributed by atoms with Crippen molar-refractivity contribution in [2.45, 2.75) is 13.0 Å². The lowest BCUT2D eigenvalue weighted by Gasteiger charge is -2.14. The Morgan fingerprint density at radius 1 is 1.15 bits per heavy atom. The number of halogens is 2. The van der Waals surface area contributed by atoms with Crippen LogP contribution in [0.4, 0.5) is 14.5 Å². The van der Waals surface area contributed by atoms with Gasteiger partial charge in [-0.15, -0.1) is 0 Å². The number of carbonyl (C=O) groups is 1. The summed E-state index contributed by atoms with van der Waals surface area (Å²) in [6.07, 6.45) is 1.56. The van der Waals surface area contributed by atoms with E-state index in [9.17, 15) is 23.2 Å². The number of ether oxygens (including phenoxy) is 1. The van der Waals surface area contributed by atoms with Crippen molar-refractivity contribution in [3.63, 3.8) is 0 Å². The van der Waals surface area contributed by atoms with E-state index in [1.54, 1.807) is 6.07 Å². The van der Waals surface area contributed by atoms with Crippen LogP contribution in [0.1, 0.15) is 21.5 Å². The number of nitrogens with one attached hydrogen (secondary N) is 2. The number of aromatic nitrogens is 3. The fraction of sp³-hybridized carbons (Fsp3) is 0.130. The number of aromatic amines is 1. The summed E-state index contributed by atoms with van der Waals surface area (Å²) in [5.41, 5.74) is 0.638. The molecule has 2 aromatic heterocycles. The number of hydrogen-bond acceptors (Lipinski definition) is 5. The smallest absolute Gasteiger partial charge is 0.387 e. The SMILES string of the molecule is Cn1c(=O)[nH]c(=O)c2cc(C(=O)Nc3ccc(OC(F)F)c(Cc4ccccc4)c3)cnc21. The molecule has 0 radical (unpaired) electrons. The van der Waals surface area contributed by atoms with Gasteiger partial charge in [0.05, 0.1) is 10.9 Å². The van der Waals surface area contributed by atoms with E-state index in [1.165, 1.54) is 31.4 Å². The minimum Gasteiger partial charge on any atom is -0.435 e. The molecule has 1 amide bonds. The monoisotopic (exact) mass is 452 g/mol. The molecule has 0 saturated heterocycles. The zero-order valence-electron chi connectivity index (χ0n) is 17.3. The highest BCUT2D eigenvalue weighted by atomic mass is 19.3. The Morgan fingerprint density at radius 3 is 2.64 bits per heavy atom. The van der Waals surface area contributed by atoms with Gasteiger partial charge in [-0.1, -0.05) is 30.3 Å². The Balaban J connectivity index is 1.64. The molecule has 0 aliphatic rings. The van der Waals surface area contributed by atoms with Crippen molar-refractivity contribution >= 4 is 22.6 Å². The lowest BCUT2D eigenvalue weighted by Crippen LogP contribution is -2.29. The summed E-state index contributed by atoms with van der Waals surface area (Å²) in [7, 11) is 1.45. The first-order valence-corrected chi connectivity index (χ1v) is 9.84. The Kier molecular flexibility index (Phi) is 5.99. The zero-order valence-corrected chi connectivity index (χ0v) is 17.3. The van der Waals surface area contributed by atoms with Crippen molar-refractivity contribution < 1.29 is 18.3 Å². The molecular formula is C23H18F2N4O4. The summed E-state index contributed by atoms with van der Waals surface area (Å²) < 4.78 is 31.5. The normalized spacial score (nSPS) is 11.0. The molecule has 0 atom stereocenters. The molecule has 0 fully saturated rings. The van der Waals surface area contributed by atoms with Gasteiger partial charge < -0.3 is 10.1 Å². The van der Waals surface area contributed by atoms with E-state index in [-0.39, 0.29) is 22.3 Å². The van der Waals surface area contributed by atoms with Gasteiger partial charge in [-0.3, -0.25) is 19.1 Å². The maximum absolute atomic E-state index is 12.8. The molecule has 168 valence electrons. The van der Waals surface area contributed by atoms with E-state index < -0.39 is 23.8 Å². The van der Waals surface area contributed by atoms with Crippen LogP contribution in [0.3, 0.4) is 0 Å². The van der Waals surface area contributed by atoms with Gasteiger partial charge in [0.2, 0.25) is 0 Å². The first kappa shape index (κ1) is 21.9. The van der Waals surface area contributed by atoms with Crippen LogP contribution in [0.15, 0.2) is 70.4 Å². The van der Waals surface area contributed by atoms with Gasteiger partial charge in [0.1, 0.15) is 11.4 Å². The summed E-state index contributed by atoms with van der Waals surface area (Å²) in [6.45, 7) is -2.99. The van der Waals surface area contributed by atoms with Crippen LogP contribution in [0, 0.1) is 0 Å². The van der Waals surface area contributed by atoms with Crippen LogP contribution in [-0.4, -0.2) is 27.1 Å². The molecule has 0 aliphatic heterocycles. The van der Waals surface area contributed by atoms with E-state index in [1.807, 2.05) is 30.3 Å². The molecule has 2 heterocycles. The highest BCUT2D eigenvalue weighted by Gasteiger charge is 2.15. The number of aryl methyl sites for hydroxylation is 1. The summed E-state index contributed by atoms with van der Waals surface area (Å²) in [5.74, 6) is -0.558. The number of amides is 1. The third-order valence-electron chi connectivity index (χ3n) is 4.99. The molecule has 10 heteroatoms. The van der Waals surface area contributed by atoms with Gasteiger partial charge in [-0.25, -0.2) is 9.78 Å². The fourth-order valence-corrected chi connectivity index (χ4v) is 3.39. The molecule has 4 aromatic rings. The predicted octanol–water partition coefficient (Wildman–Crippen LogP) is 3.07. The van der Waals surface area contributed by atoms with Crippen molar-refractivity contribution in [1.29, 1.82) is 0 Å². The molecule has 0 bridgehead atoms. The predicted molar refractivity (Wildman–Crippen MR) is 118 cm³/mol. The van der Waals surface area contributed by atoms with Crippen LogP contribution < -0.4 is 21.3 Å². The van der Waals surface area contributed by atoms with Gasteiger partial charge in [0, 0.05) is 30.9 Å². The molecule has 33 heavy (non-hydrogen) atoms. The number of alkyl halides is 2. The largest absolute Gasteiger partial charge is 0.435 e. The topological polar surface area (TPSA) is 106 Å². The van der Waals surface area contributed by atoms with Crippen molar-refractivity contribution in [3.05, 3.63) is 98.3 Å². The van der Waals surface area contributed by atoms with Gasteiger partial charge in [0.15, 0.2) is 0 Å². The molecule has 4 rings (SSSR count). The number of hydrogen-bond donors (Lipinski definition) is 2. The molecule has 0 saturated carbocycles. The number of rotatable bonds is 6. The zero-order chi connectivity index (χ0) is 23.5. The van der Waals surface area contributed by atoms with Crippen molar-refractivity contribution in [1.82, 2.24) is 14.5 Å². The van der Waals surface area contributed by atoms with E-state index in [4.69, 9.17) is 0 Å². The van der Waals surface area contributed by atoms with Crippen molar-refractivity contribution in [3.8, 4) is 5.75 Å². The summed E-state index contributed by atoms with van der Waals surface area (Å²) >= 11 is 0. The molecule has 0 spiro atoms. The molecule has 2 N–H and O–H groups in total. The Labute approximate surface area is 185 Å². The van der Waals surface area contributed by atoms with Gasteiger partial charge in [-0.2, -0.15) is 8.78 Å². The highest BCUT2D eigenvalue weighted by molar-refractivity contribution is 6.05. The number of anilines is 1. The number of H-pyrrole nitrogens is 1. The maximum Gasteiger partial charge on any atom is 0.387 e. The van der Waals surface area contributed by atoms with Gasteiger partial charge in [0.25, 0.3) is 11.5 Å². The molecule has 2 aromatic carbocycles. The number of benzene rings is 2. The van der Waals surface area contributed by atoms with Crippen LogP contribution >= 0.6 is 0 Å². The van der Waals surface area contributed by atoms with Gasteiger partial charge in [-0.05, 0) is 29.8 Å². The third-order valence-corrected chi connectivity index (χ3v) is 4.99. The third kappa shape index (κ3) is 4.79. The number of carbonyl (C=O) groups excluding carboxylic acids is 1. The lowest BCUT2D eigenvalue weighted by atomic mass is 10.0. The quantitative estimate of drug-likeness (QED) is 0.468. The Morgan fingerprint density at radius 2 is 1.91 bits per heavy atom. The Bertz CT molecular complexity index is 1450. The Hall–Kier alpha value is -4.34. The first-order valence-electron chi connectivity index (χ1n) is 9.84. The van der Waals surface area contributed by atoms with Gasteiger partial charge >= 0.3 is 12.3 Å². The first-order chi connectivity index (χ1) is 15.8. The van der Waals surface area contributed by atoms with Crippen LogP contribution in [-0.2, 0) is 13.5 Å². The summed E-state index contributed by atoms with van der Waals surface area (Å²) in [4.78, 5) is 42.8. The lowest BCUT2D eigenvalue weighted by molar-refractivity contribution is -0.0503. The maximum atomic E-state index is 12.8. The minimum atomic E-state index is -2.99. The second-order valence-electron chi connectivity index (χ2n) is 7.23. The fourth-order valence-electron chi connectivity index (χ4n) is 3.39. The van der Waals surface area contributed by atoms with Crippen molar-refractivity contribution in [2.24, 2.45) is 7.05 Å². The molecule has 8 nitrogen and oxygen atoms in total. The molecule has 0 aliphatic carbocycles. The standard InChI is InChI=1S/C23H18F2N4O4/c1-29-19-17(21(31)28-23(29)32)11-15(12-26-19)20(30)27-16-7-8-18(33-22(24)25)14(10-16)9-13-5-3-2-4-6-13/h2-8,10-12,22H,9H2,1H3,(H,27,30)(H,28,31,32). The van der Waals surface area contributed by atoms with E-state index in [2.05, 4.69) is 20.0 Å². The second-order valence-corrected chi connectivity index (χ2v) is 7.23. The van der Waals surface area contributed by atoms with E-state index >= 15 is 0 Å². The highest BCUT2D eigenvalue weighted by Crippen LogP contribution is 2.27. The van der Waals surface area contributed by atoms with Crippen LogP contribution in [0.5, 0.6) is 5.75 Å². The number of fused-ring (bicyclic) bond motifs is 1. The van der Waals surface area contributed by atoms with Crippen LogP contribution in [0.25, 0.3) is 11.0 Å². The summed E-state index contributed by atoms with van der Waals surface area (Å²) in [5, 5.41) is 2.75.